The predicted octanol–water partition coefficient (Wildman–Crippen LogP) is 3.42. The zero-order valence-corrected chi connectivity index (χ0v) is 23.6. The van der Waals surface area contributed by atoms with Gasteiger partial charge in [-0.3, -0.25) is 9.09 Å². The van der Waals surface area contributed by atoms with Gasteiger partial charge in [-0.2, -0.15) is 0 Å². The van der Waals surface area contributed by atoms with E-state index in [1.807, 2.05) is 0 Å². The van der Waals surface area contributed by atoms with Gasteiger partial charge in [0.2, 0.25) is 0 Å². The first kappa shape index (κ1) is 26.9. The van der Waals surface area contributed by atoms with Crippen LogP contribution in [0.25, 0.3) is 0 Å². The van der Waals surface area contributed by atoms with Crippen LogP contribution in [0.5, 0.6) is 5.75 Å². The van der Waals surface area contributed by atoms with E-state index in [2.05, 4.69) is 79.7 Å². The van der Waals surface area contributed by atoms with Gasteiger partial charge in [0.15, 0.2) is 0 Å². The number of benzene rings is 1. The summed E-state index contributed by atoms with van der Waals surface area (Å²) in [5, 5.41) is 0. The van der Waals surface area contributed by atoms with Crippen molar-refractivity contribution in [2.45, 2.75) is 92.1 Å². The summed E-state index contributed by atoms with van der Waals surface area (Å²) in [5.74, 6) is 0.452. The molecule has 3 rings (SSSR count). The molecule has 1 spiro atoms. The minimum absolute atomic E-state index is 0. The van der Waals surface area contributed by atoms with Crippen molar-refractivity contribution in [3.05, 3.63) is 52.1 Å². The maximum absolute atomic E-state index is 13.1. The molecule has 166 valence electrons. The van der Waals surface area contributed by atoms with Crippen LogP contribution >= 0.6 is 7.82 Å². The molecule has 0 saturated carbocycles. The largest absolute Gasteiger partial charge is 1.00 e. The number of rotatable bonds is 2. The molecule has 2 atom stereocenters. The molecule has 1 aliphatic heterocycles. The fraction of sp³-hybridized carbons (Fsp3) is 0.600. The van der Waals surface area contributed by atoms with Crippen LogP contribution in [0.4, 0.5) is 0 Å². The molecule has 1 aromatic rings. The maximum atomic E-state index is 13.1. The summed E-state index contributed by atoms with van der Waals surface area (Å²) in [5.41, 5.74) is 3.79. The monoisotopic (exact) mass is 454 g/mol. The number of aryl methyl sites for hydroxylation is 1. The van der Waals surface area contributed by atoms with Crippen molar-refractivity contribution in [2.24, 2.45) is 5.41 Å². The Morgan fingerprint density at radius 3 is 2.23 bits per heavy atom. The zero-order valence-electron chi connectivity index (χ0n) is 20.7. The molecule has 1 heterocycles. The molecule has 0 bridgehead atoms. The van der Waals surface area contributed by atoms with Gasteiger partial charge in [-0.15, -0.1) is 0 Å². The molecule has 0 amide bonds. The van der Waals surface area contributed by atoms with E-state index in [0.717, 1.165) is 29.5 Å². The Kier molecular flexibility index (Phi) is 7.92. The van der Waals surface area contributed by atoms with Gasteiger partial charge in [-0.05, 0) is 46.8 Å². The van der Waals surface area contributed by atoms with Gasteiger partial charge < -0.3 is 9.42 Å². The fourth-order valence-electron chi connectivity index (χ4n) is 4.62. The quantitative estimate of drug-likeness (QED) is 0.508. The molecule has 6 heteroatoms. The second kappa shape index (κ2) is 9.12. The van der Waals surface area contributed by atoms with Crippen LogP contribution < -0.4 is 39.0 Å². The first-order valence-electron chi connectivity index (χ1n) is 11.0. The summed E-state index contributed by atoms with van der Waals surface area (Å²) in [6, 6.07) is 4.17. The van der Waals surface area contributed by atoms with Crippen molar-refractivity contribution >= 4 is 7.82 Å². The van der Waals surface area contributed by atoms with Gasteiger partial charge >= 0.3 is 37.4 Å². The number of allylic oxidation sites excluding steroid dienone is 2. The third-order valence-corrected chi connectivity index (χ3v) is 7.12. The van der Waals surface area contributed by atoms with E-state index in [1.165, 1.54) is 11.1 Å². The Morgan fingerprint density at radius 2 is 1.71 bits per heavy atom. The van der Waals surface area contributed by atoms with Gasteiger partial charge in [0, 0.05) is 12.0 Å². The molecule has 2 unspecified atom stereocenters. The van der Waals surface area contributed by atoms with Gasteiger partial charge in [-0.25, -0.2) is 0 Å². The standard InChI is InChI=1S/C25H37O4P.Na/c1-9-17-11-12-25(21(15-17)24(6,7)8)16-19-13-18(10-2)14-20(23(3,4)5)22(19)28-30(26,27)29-25;/h11,13-15H,9-10,12,16H2,1-8H3,(H,26,27);/q;+1/p-1. The summed E-state index contributed by atoms with van der Waals surface area (Å²) in [6.45, 7) is 16.8. The fourth-order valence-corrected chi connectivity index (χ4v) is 5.76. The predicted molar refractivity (Wildman–Crippen MR) is 121 cm³/mol. The Morgan fingerprint density at radius 1 is 1.06 bits per heavy atom. The maximum Gasteiger partial charge on any atom is 1.00 e. The van der Waals surface area contributed by atoms with E-state index in [-0.39, 0.29) is 40.4 Å². The summed E-state index contributed by atoms with van der Waals surface area (Å²) in [4.78, 5) is 13.1. The van der Waals surface area contributed by atoms with Crippen molar-refractivity contribution in [2.75, 3.05) is 0 Å². The van der Waals surface area contributed by atoms with Crippen molar-refractivity contribution < 1.29 is 48.1 Å². The Hall–Kier alpha value is -0.350. The minimum atomic E-state index is -4.57. The molecular formula is C25H36NaO4P. The third kappa shape index (κ3) is 5.60. The van der Waals surface area contributed by atoms with Crippen molar-refractivity contribution in [3.63, 3.8) is 0 Å². The number of fused-ring (bicyclic) bond motifs is 1. The molecule has 1 aromatic carbocycles. The second-order valence-electron chi connectivity index (χ2n) is 10.7. The Balaban J connectivity index is 0.00000341. The Bertz CT molecular complexity index is 949. The van der Waals surface area contributed by atoms with Crippen LogP contribution in [0.2, 0.25) is 0 Å². The van der Waals surface area contributed by atoms with Crippen LogP contribution in [0.15, 0.2) is 35.4 Å². The summed E-state index contributed by atoms with van der Waals surface area (Å²) >= 11 is 0. The average Bonchev–Trinajstić information content (AvgIpc) is 2.71. The molecule has 4 nitrogen and oxygen atoms in total. The number of phosphoric ester groups is 1. The van der Waals surface area contributed by atoms with E-state index >= 15 is 0 Å². The summed E-state index contributed by atoms with van der Waals surface area (Å²) in [6.07, 6.45) is 7.04. The molecule has 2 aliphatic rings. The summed E-state index contributed by atoms with van der Waals surface area (Å²) < 4.78 is 24.7. The normalized spacial score (nSPS) is 26.2. The topological polar surface area (TPSA) is 58.6 Å². The van der Waals surface area contributed by atoms with E-state index in [9.17, 15) is 9.46 Å². The average molecular weight is 455 g/mol. The van der Waals surface area contributed by atoms with Gasteiger partial charge in [-0.1, -0.05) is 85.2 Å². The summed E-state index contributed by atoms with van der Waals surface area (Å²) in [7, 11) is -4.57. The van der Waals surface area contributed by atoms with Gasteiger partial charge in [0.05, 0.1) is 0 Å². The van der Waals surface area contributed by atoms with Crippen LogP contribution in [0.1, 0.15) is 84.9 Å². The van der Waals surface area contributed by atoms with E-state index in [0.29, 0.717) is 18.6 Å². The van der Waals surface area contributed by atoms with Crippen molar-refractivity contribution in [3.8, 4) is 5.75 Å². The first-order chi connectivity index (χ1) is 13.7. The van der Waals surface area contributed by atoms with Crippen LogP contribution in [-0.2, 0) is 27.3 Å². The zero-order chi connectivity index (χ0) is 22.5. The molecule has 0 N–H and O–H groups in total. The first-order valence-corrected chi connectivity index (χ1v) is 12.5. The number of hydrogen-bond acceptors (Lipinski definition) is 4. The van der Waals surface area contributed by atoms with Gasteiger partial charge in [0.1, 0.15) is 11.4 Å². The van der Waals surface area contributed by atoms with E-state index in [1.54, 1.807) is 0 Å². The smallest absolute Gasteiger partial charge is 0.746 e. The Labute approximate surface area is 210 Å². The van der Waals surface area contributed by atoms with Crippen LogP contribution in [-0.4, -0.2) is 5.60 Å². The molecule has 0 saturated heterocycles. The van der Waals surface area contributed by atoms with Crippen molar-refractivity contribution in [1.29, 1.82) is 0 Å². The SMILES string of the molecule is CCC1=CCC2(Cc3cc(CC)cc(C(C)(C)C)c3OP(=O)([O-])O2)C(C(C)(C)C)=C1.[Na+]. The molecule has 1 aliphatic carbocycles. The van der Waals surface area contributed by atoms with Crippen molar-refractivity contribution in [1.82, 2.24) is 0 Å². The van der Waals surface area contributed by atoms with E-state index in [4.69, 9.17) is 9.05 Å². The number of hydrogen-bond donors (Lipinski definition) is 0. The minimum Gasteiger partial charge on any atom is -0.746 e. The van der Waals surface area contributed by atoms with Gasteiger partial charge in [0.25, 0.3) is 0 Å². The third-order valence-electron chi connectivity index (χ3n) is 6.14. The molecule has 31 heavy (non-hydrogen) atoms. The number of phosphoric acid groups is 1. The molecule has 0 radical (unpaired) electrons. The second-order valence-corrected chi connectivity index (χ2v) is 11.9. The molecule has 0 aromatic heterocycles. The molecular weight excluding hydrogens is 418 g/mol. The molecule has 0 fully saturated rings. The van der Waals surface area contributed by atoms with E-state index < -0.39 is 13.4 Å². The van der Waals surface area contributed by atoms with Crippen LogP contribution in [0.3, 0.4) is 0 Å². The van der Waals surface area contributed by atoms with Crippen LogP contribution in [0, 0.1) is 5.41 Å².